The highest BCUT2D eigenvalue weighted by molar-refractivity contribution is 5.79. The Balaban J connectivity index is 1.72. The minimum Gasteiger partial charge on any atom is -0.356 e. The van der Waals surface area contributed by atoms with Crippen LogP contribution >= 0.6 is 0 Å². The van der Waals surface area contributed by atoms with Crippen LogP contribution in [0.15, 0.2) is 47.7 Å². The lowest BCUT2D eigenvalue weighted by molar-refractivity contribution is 0.625. The summed E-state index contributed by atoms with van der Waals surface area (Å²) in [5.41, 5.74) is 3.31. The Hall–Kier alpha value is -2.43. The maximum absolute atomic E-state index is 13.1. The molecular formula is C18H23FN4. The second kappa shape index (κ2) is 8.88. The highest BCUT2D eigenvalue weighted by atomic mass is 19.1. The third-order valence-electron chi connectivity index (χ3n) is 3.64. The van der Waals surface area contributed by atoms with E-state index >= 15 is 0 Å². The minimum absolute atomic E-state index is 0.188. The van der Waals surface area contributed by atoms with Gasteiger partial charge in [-0.15, -0.1) is 0 Å². The maximum Gasteiger partial charge on any atom is 0.190 e. The monoisotopic (exact) mass is 314 g/mol. The second-order valence-electron chi connectivity index (χ2n) is 5.36. The van der Waals surface area contributed by atoms with Crippen LogP contribution in [0.1, 0.15) is 16.7 Å². The fraction of sp³-hybridized carbons (Fsp3) is 0.333. The standard InChI is InChI=1S/C18H23FN4/c1-14-12-17(19)6-5-16(14)8-11-23-18(20-2)22-10-7-15-4-3-9-21-13-15/h3-6,9,12-13H,7-8,10-11H2,1-2H3,(H2,20,22,23). The summed E-state index contributed by atoms with van der Waals surface area (Å²) >= 11 is 0. The van der Waals surface area contributed by atoms with Crippen LogP contribution < -0.4 is 10.6 Å². The molecule has 0 fully saturated rings. The van der Waals surface area contributed by atoms with Crippen LogP contribution in [-0.4, -0.2) is 31.1 Å². The first-order valence-electron chi connectivity index (χ1n) is 7.77. The summed E-state index contributed by atoms with van der Waals surface area (Å²) in [6.45, 7) is 3.47. The molecule has 1 aromatic carbocycles. The summed E-state index contributed by atoms with van der Waals surface area (Å²) in [6.07, 6.45) is 5.37. The molecule has 0 bridgehead atoms. The van der Waals surface area contributed by atoms with Crippen LogP contribution in [0.5, 0.6) is 0 Å². The molecule has 2 N–H and O–H groups in total. The Morgan fingerprint density at radius 3 is 2.61 bits per heavy atom. The van der Waals surface area contributed by atoms with Crippen molar-refractivity contribution in [1.82, 2.24) is 15.6 Å². The van der Waals surface area contributed by atoms with Crippen molar-refractivity contribution >= 4 is 5.96 Å². The molecule has 2 aromatic rings. The van der Waals surface area contributed by atoms with E-state index in [0.717, 1.165) is 43.0 Å². The third-order valence-corrected chi connectivity index (χ3v) is 3.64. The first-order chi connectivity index (χ1) is 11.2. The van der Waals surface area contributed by atoms with Crippen LogP contribution in [-0.2, 0) is 12.8 Å². The molecule has 1 heterocycles. The largest absolute Gasteiger partial charge is 0.356 e. The molecule has 5 heteroatoms. The first kappa shape index (κ1) is 16.9. The van der Waals surface area contributed by atoms with Gasteiger partial charge in [-0.05, 0) is 54.7 Å². The Bertz CT molecular complexity index is 641. The SMILES string of the molecule is CN=C(NCCc1cccnc1)NCCc1ccc(F)cc1C. The molecule has 0 saturated carbocycles. The van der Waals surface area contributed by atoms with Crippen molar-refractivity contribution in [2.45, 2.75) is 19.8 Å². The van der Waals surface area contributed by atoms with Gasteiger partial charge in [0.25, 0.3) is 0 Å². The molecule has 0 aliphatic heterocycles. The minimum atomic E-state index is -0.188. The molecule has 23 heavy (non-hydrogen) atoms. The van der Waals surface area contributed by atoms with Crippen LogP contribution in [0.2, 0.25) is 0 Å². The average molecular weight is 314 g/mol. The molecule has 4 nitrogen and oxygen atoms in total. The van der Waals surface area contributed by atoms with Crippen molar-refractivity contribution in [3.05, 3.63) is 65.2 Å². The van der Waals surface area contributed by atoms with Gasteiger partial charge in [0.1, 0.15) is 5.82 Å². The number of nitrogens with one attached hydrogen (secondary N) is 2. The molecule has 1 aromatic heterocycles. The average Bonchev–Trinajstić information content (AvgIpc) is 2.56. The lowest BCUT2D eigenvalue weighted by Gasteiger charge is -2.12. The molecule has 122 valence electrons. The Morgan fingerprint density at radius 1 is 1.17 bits per heavy atom. The number of benzene rings is 1. The molecular weight excluding hydrogens is 291 g/mol. The number of halogens is 1. The van der Waals surface area contributed by atoms with E-state index in [-0.39, 0.29) is 5.82 Å². The summed E-state index contributed by atoms with van der Waals surface area (Å²) in [5, 5.41) is 6.55. The molecule has 0 atom stereocenters. The second-order valence-corrected chi connectivity index (χ2v) is 5.36. The molecule has 0 unspecified atom stereocenters. The number of pyridine rings is 1. The third kappa shape index (κ3) is 5.70. The van der Waals surface area contributed by atoms with E-state index in [9.17, 15) is 4.39 Å². The van der Waals surface area contributed by atoms with Gasteiger partial charge in [0.2, 0.25) is 0 Å². The number of guanidine groups is 1. The van der Waals surface area contributed by atoms with Crippen molar-refractivity contribution in [1.29, 1.82) is 0 Å². The van der Waals surface area contributed by atoms with Crippen molar-refractivity contribution in [3.63, 3.8) is 0 Å². The highest BCUT2D eigenvalue weighted by Gasteiger charge is 2.02. The van der Waals surface area contributed by atoms with Crippen molar-refractivity contribution in [2.24, 2.45) is 4.99 Å². The van der Waals surface area contributed by atoms with Crippen molar-refractivity contribution in [2.75, 3.05) is 20.1 Å². The van der Waals surface area contributed by atoms with Gasteiger partial charge in [-0.25, -0.2) is 4.39 Å². The van der Waals surface area contributed by atoms with Gasteiger partial charge in [0.15, 0.2) is 5.96 Å². The molecule has 0 radical (unpaired) electrons. The van der Waals surface area contributed by atoms with Crippen LogP contribution in [0, 0.1) is 12.7 Å². The van der Waals surface area contributed by atoms with Gasteiger partial charge in [-0.1, -0.05) is 12.1 Å². The fourth-order valence-corrected chi connectivity index (χ4v) is 2.35. The quantitative estimate of drug-likeness (QED) is 0.636. The van der Waals surface area contributed by atoms with E-state index < -0.39 is 0 Å². The first-order valence-corrected chi connectivity index (χ1v) is 7.77. The van der Waals surface area contributed by atoms with E-state index in [1.165, 1.54) is 11.6 Å². The maximum atomic E-state index is 13.1. The van der Waals surface area contributed by atoms with Gasteiger partial charge in [-0.2, -0.15) is 0 Å². The highest BCUT2D eigenvalue weighted by Crippen LogP contribution is 2.10. The smallest absolute Gasteiger partial charge is 0.190 e. The Morgan fingerprint density at radius 2 is 1.96 bits per heavy atom. The number of aromatic nitrogens is 1. The number of hydrogen-bond acceptors (Lipinski definition) is 2. The van der Waals surface area contributed by atoms with E-state index in [2.05, 4.69) is 26.7 Å². The topological polar surface area (TPSA) is 49.3 Å². The summed E-state index contributed by atoms with van der Waals surface area (Å²) in [4.78, 5) is 8.31. The van der Waals surface area contributed by atoms with Gasteiger partial charge < -0.3 is 10.6 Å². The molecule has 0 aliphatic carbocycles. The van der Waals surface area contributed by atoms with Crippen LogP contribution in [0.3, 0.4) is 0 Å². The summed E-state index contributed by atoms with van der Waals surface area (Å²) in [6, 6.07) is 8.90. The van der Waals surface area contributed by atoms with Crippen LogP contribution in [0.4, 0.5) is 4.39 Å². The zero-order chi connectivity index (χ0) is 16.5. The molecule has 0 amide bonds. The van der Waals surface area contributed by atoms with Gasteiger partial charge >= 0.3 is 0 Å². The summed E-state index contributed by atoms with van der Waals surface area (Å²) in [7, 11) is 1.75. The number of aryl methyl sites for hydroxylation is 1. The number of aliphatic imine (C=N–C) groups is 1. The predicted molar refractivity (Wildman–Crippen MR) is 92.1 cm³/mol. The predicted octanol–water partition coefficient (Wildman–Crippen LogP) is 2.48. The summed E-state index contributed by atoms with van der Waals surface area (Å²) in [5.74, 6) is 0.584. The lowest BCUT2D eigenvalue weighted by atomic mass is 10.1. The number of hydrogen-bond donors (Lipinski definition) is 2. The number of nitrogens with zero attached hydrogens (tertiary/aromatic N) is 2. The Kier molecular flexibility index (Phi) is 6.54. The molecule has 0 aliphatic rings. The zero-order valence-electron chi connectivity index (χ0n) is 13.6. The number of rotatable bonds is 6. The molecule has 0 saturated heterocycles. The summed E-state index contributed by atoms with van der Waals surface area (Å²) < 4.78 is 13.1. The fourth-order valence-electron chi connectivity index (χ4n) is 2.35. The van der Waals surface area contributed by atoms with Gasteiger partial charge in [0, 0.05) is 32.5 Å². The van der Waals surface area contributed by atoms with E-state index in [4.69, 9.17) is 0 Å². The van der Waals surface area contributed by atoms with Crippen molar-refractivity contribution in [3.8, 4) is 0 Å². The van der Waals surface area contributed by atoms with Gasteiger partial charge in [0.05, 0.1) is 0 Å². The van der Waals surface area contributed by atoms with E-state index in [1.54, 1.807) is 19.3 Å². The van der Waals surface area contributed by atoms with E-state index in [0.29, 0.717) is 0 Å². The molecule has 2 rings (SSSR count). The zero-order valence-corrected chi connectivity index (χ0v) is 13.6. The molecule has 0 spiro atoms. The van der Waals surface area contributed by atoms with Crippen molar-refractivity contribution < 1.29 is 4.39 Å². The normalized spacial score (nSPS) is 11.3. The van der Waals surface area contributed by atoms with E-state index in [1.807, 2.05) is 25.3 Å². The van der Waals surface area contributed by atoms with Crippen LogP contribution in [0.25, 0.3) is 0 Å². The Labute approximate surface area is 136 Å². The lowest BCUT2D eigenvalue weighted by Crippen LogP contribution is -2.39. The van der Waals surface area contributed by atoms with Gasteiger partial charge in [-0.3, -0.25) is 9.98 Å².